The Morgan fingerprint density at radius 3 is 2.42 bits per heavy atom. The molecule has 5 heteroatoms. The van der Waals surface area contributed by atoms with Gasteiger partial charge in [0.25, 0.3) is 0 Å². The lowest BCUT2D eigenvalue weighted by molar-refractivity contribution is -0.134. The summed E-state index contributed by atoms with van der Waals surface area (Å²) in [5.41, 5.74) is -0.880. The Morgan fingerprint density at radius 1 is 1.32 bits per heavy atom. The molecule has 0 aromatic heterocycles. The van der Waals surface area contributed by atoms with Crippen LogP contribution in [0.1, 0.15) is 39.5 Å². The van der Waals surface area contributed by atoms with Crippen molar-refractivity contribution in [2.45, 2.75) is 50.6 Å². The van der Waals surface area contributed by atoms with E-state index in [9.17, 15) is 9.90 Å². The minimum Gasteiger partial charge on any atom is -0.394 e. The Kier molecular flexibility index (Phi) is 4.48. The predicted molar refractivity (Wildman–Crippen MR) is 74.9 cm³/mol. The van der Waals surface area contributed by atoms with E-state index in [-0.39, 0.29) is 18.1 Å². The van der Waals surface area contributed by atoms with Crippen molar-refractivity contribution in [3.8, 4) is 0 Å². The van der Waals surface area contributed by atoms with Crippen molar-refractivity contribution >= 4 is 5.91 Å². The summed E-state index contributed by atoms with van der Waals surface area (Å²) >= 11 is 0. The molecule has 5 nitrogen and oxygen atoms in total. The molecule has 0 spiro atoms. The van der Waals surface area contributed by atoms with Crippen molar-refractivity contribution in [2.75, 3.05) is 32.8 Å². The zero-order chi connectivity index (χ0) is 13.9. The average molecular weight is 269 g/mol. The summed E-state index contributed by atoms with van der Waals surface area (Å²) in [6.07, 6.45) is 3.98. The molecule has 1 aliphatic heterocycles. The molecule has 0 radical (unpaired) electrons. The first kappa shape index (κ1) is 14.8. The van der Waals surface area contributed by atoms with E-state index in [1.165, 1.54) is 0 Å². The van der Waals surface area contributed by atoms with Crippen molar-refractivity contribution < 1.29 is 9.90 Å². The zero-order valence-corrected chi connectivity index (χ0v) is 12.2. The van der Waals surface area contributed by atoms with Crippen molar-refractivity contribution in [1.82, 2.24) is 15.5 Å². The maximum Gasteiger partial charge on any atom is 0.240 e. The Balaban J connectivity index is 2.00. The van der Waals surface area contributed by atoms with E-state index in [4.69, 9.17) is 0 Å². The van der Waals surface area contributed by atoms with Gasteiger partial charge >= 0.3 is 0 Å². The Hall–Kier alpha value is -0.650. The van der Waals surface area contributed by atoms with Crippen molar-refractivity contribution in [1.29, 1.82) is 0 Å². The van der Waals surface area contributed by atoms with Crippen LogP contribution in [0.3, 0.4) is 0 Å². The summed E-state index contributed by atoms with van der Waals surface area (Å²) < 4.78 is 0. The minimum absolute atomic E-state index is 0.0466. The van der Waals surface area contributed by atoms with Crippen LogP contribution in [0, 0.1) is 0 Å². The fourth-order valence-electron chi connectivity index (χ4n) is 3.14. The van der Waals surface area contributed by atoms with Gasteiger partial charge in [-0.15, -0.1) is 0 Å². The molecule has 3 N–H and O–H groups in total. The first-order valence-electron chi connectivity index (χ1n) is 7.39. The highest BCUT2D eigenvalue weighted by molar-refractivity contribution is 5.86. The molecule has 2 rings (SSSR count). The van der Waals surface area contributed by atoms with Gasteiger partial charge in [0.15, 0.2) is 0 Å². The zero-order valence-electron chi connectivity index (χ0n) is 12.2. The van der Waals surface area contributed by atoms with E-state index in [1.807, 2.05) is 13.8 Å². The van der Waals surface area contributed by atoms with Crippen molar-refractivity contribution in [3.05, 3.63) is 0 Å². The highest BCUT2D eigenvalue weighted by Crippen LogP contribution is 2.30. The quantitative estimate of drug-likeness (QED) is 0.677. The number of hydrogen-bond acceptors (Lipinski definition) is 4. The lowest BCUT2D eigenvalue weighted by Crippen LogP contribution is -2.63. The monoisotopic (exact) mass is 269 g/mol. The third-order valence-corrected chi connectivity index (χ3v) is 4.71. The second kappa shape index (κ2) is 5.77. The van der Waals surface area contributed by atoms with Gasteiger partial charge in [-0.1, -0.05) is 12.8 Å². The first-order valence-corrected chi connectivity index (χ1v) is 7.39. The number of nitrogens with one attached hydrogen (secondary N) is 2. The van der Waals surface area contributed by atoms with Gasteiger partial charge in [-0.3, -0.25) is 9.69 Å². The molecular formula is C14H27N3O2. The summed E-state index contributed by atoms with van der Waals surface area (Å²) in [7, 11) is 0. The number of hydrogen-bond donors (Lipinski definition) is 3. The summed E-state index contributed by atoms with van der Waals surface area (Å²) in [6, 6.07) is 0. The van der Waals surface area contributed by atoms with Crippen LogP contribution in [-0.4, -0.2) is 59.8 Å². The van der Waals surface area contributed by atoms with Gasteiger partial charge in [-0.05, 0) is 26.7 Å². The Labute approximate surface area is 115 Å². The van der Waals surface area contributed by atoms with Gasteiger partial charge in [0, 0.05) is 26.2 Å². The predicted octanol–water partition coefficient (Wildman–Crippen LogP) is 0.0915. The molecule has 0 aromatic carbocycles. The second-order valence-corrected chi connectivity index (χ2v) is 6.40. The molecule has 0 aromatic rings. The van der Waals surface area contributed by atoms with Gasteiger partial charge in [0.1, 0.15) is 0 Å². The highest BCUT2D eigenvalue weighted by atomic mass is 16.3. The van der Waals surface area contributed by atoms with E-state index in [2.05, 4.69) is 15.5 Å². The molecule has 2 aliphatic rings. The van der Waals surface area contributed by atoms with Crippen molar-refractivity contribution in [3.63, 3.8) is 0 Å². The molecule has 1 saturated carbocycles. The number of nitrogens with zero attached hydrogens (tertiary/aromatic N) is 1. The second-order valence-electron chi connectivity index (χ2n) is 6.40. The van der Waals surface area contributed by atoms with Crippen LogP contribution < -0.4 is 10.6 Å². The number of aliphatic hydroxyl groups excluding tert-OH is 1. The number of piperazine rings is 1. The van der Waals surface area contributed by atoms with Crippen LogP contribution in [-0.2, 0) is 4.79 Å². The fourth-order valence-corrected chi connectivity index (χ4v) is 3.14. The number of carbonyl (C=O) groups is 1. The lowest BCUT2D eigenvalue weighted by Gasteiger charge is -2.42. The highest BCUT2D eigenvalue weighted by Gasteiger charge is 2.41. The number of aliphatic hydroxyl groups is 1. The maximum atomic E-state index is 12.6. The summed E-state index contributed by atoms with van der Waals surface area (Å²) in [4.78, 5) is 14.8. The fraction of sp³-hybridized carbons (Fsp3) is 0.929. The van der Waals surface area contributed by atoms with E-state index in [0.717, 1.165) is 51.9 Å². The minimum atomic E-state index is -0.507. The first-order chi connectivity index (χ1) is 9.00. The Morgan fingerprint density at radius 2 is 1.89 bits per heavy atom. The van der Waals surface area contributed by atoms with Gasteiger partial charge in [0.2, 0.25) is 5.91 Å². The van der Waals surface area contributed by atoms with Gasteiger partial charge in [-0.25, -0.2) is 0 Å². The summed E-state index contributed by atoms with van der Waals surface area (Å²) in [5, 5.41) is 16.0. The standard InChI is InChI=1S/C14H27N3O2/c1-13(2,17-9-7-15-8-10-17)12(19)16-14(11-18)5-3-4-6-14/h15,18H,3-11H2,1-2H3,(H,16,19). The average Bonchev–Trinajstić information content (AvgIpc) is 2.89. The van der Waals surface area contributed by atoms with E-state index >= 15 is 0 Å². The third-order valence-electron chi connectivity index (χ3n) is 4.71. The molecule has 2 fully saturated rings. The molecule has 19 heavy (non-hydrogen) atoms. The summed E-state index contributed by atoms with van der Waals surface area (Å²) in [5.74, 6) is 0.0466. The molecule has 0 unspecified atom stereocenters. The van der Waals surface area contributed by atoms with E-state index < -0.39 is 5.54 Å². The van der Waals surface area contributed by atoms with E-state index in [1.54, 1.807) is 0 Å². The molecule has 0 atom stereocenters. The Bertz CT molecular complexity index is 319. The number of carbonyl (C=O) groups excluding carboxylic acids is 1. The molecule has 1 amide bonds. The summed E-state index contributed by atoms with van der Waals surface area (Å²) in [6.45, 7) is 7.67. The smallest absolute Gasteiger partial charge is 0.240 e. The molecular weight excluding hydrogens is 242 g/mol. The molecule has 110 valence electrons. The lowest BCUT2D eigenvalue weighted by atomic mass is 9.94. The van der Waals surface area contributed by atoms with Crippen LogP contribution in [0.4, 0.5) is 0 Å². The SMILES string of the molecule is CC(C)(C(=O)NC1(CO)CCCC1)N1CCNCC1. The number of amides is 1. The van der Waals surface area contributed by atoms with Crippen molar-refractivity contribution in [2.24, 2.45) is 0 Å². The third kappa shape index (κ3) is 3.09. The van der Waals surface area contributed by atoms with Crippen LogP contribution in [0.25, 0.3) is 0 Å². The van der Waals surface area contributed by atoms with Crippen LogP contribution in [0.5, 0.6) is 0 Å². The normalized spacial score (nSPS) is 24.4. The van der Waals surface area contributed by atoms with Crippen LogP contribution in [0.15, 0.2) is 0 Å². The van der Waals surface area contributed by atoms with E-state index in [0.29, 0.717) is 0 Å². The molecule has 1 heterocycles. The molecule has 1 aliphatic carbocycles. The molecule has 1 saturated heterocycles. The van der Waals surface area contributed by atoms with Gasteiger partial charge in [0.05, 0.1) is 17.7 Å². The maximum absolute atomic E-state index is 12.6. The van der Waals surface area contributed by atoms with Crippen LogP contribution in [0.2, 0.25) is 0 Å². The molecule has 0 bridgehead atoms. The van der Waals surface area contributed by atoms with Gasteiger partial charge < -0.3 is 15.7 Å². The van der Waals surface area contributed by atoms with Crippen LogP contribution >= 0.6 is 0 Å². The number of rotatable bonds is 4. The topological polar surface area (TPSA) is 64.6 Å². The largest absolute Gasteiger partial charge is 0.394 e. The van der Waals surface area contributed by atoms with Gasteiger partial charge in [-0.2, -0.15) is 0 Å².